The van der Waals surface area contributed by atoms with Gasteiger partial charge in [0, 0.05) is 35.7 Å². The number of aryl methyl sites for hydroxylation is 2. The number of rotatable bonds is 10. The summed E-state index contributed by atoms with van der Waals surface area (Å²) in [6, 6.07) is 6.64. The number of hydrogen-bond acceptors (Lipinski definition) is 4. The minimum absolute atomic E-state index is 0.321. The highest BCUT2D eigenvalue weighted by atomic mass is 16.5. The quantitative estimate of drug-likeness (QED) is 0.255. The van der Waals surface area contributed by atoms with Gasteiger partial charge in [-0.15, -0.1) is 0 Å². The number of nitrogens with one attached hydrogen (secondary N) is 1. The lowest BCUT2D eigenvalue weighted by atomic mass is 10.1. The third-order valence-corrected chi connectivity index (χ3v) is 6.03. The second-order valence-electron chi connectivity index (χ2n) is 8.80. The van der Waals surface area contributed by atoms with Crippen molar-refractivity contribution in [2.24, 2.45) is 0 Å². The molecule has 0 aliphatic heterocycles. The first kappa shape index (κ1) is 25.3. The fourth-order valence-corrected chi connectivity index (χ4v) is 4.42. The number of fused-ring (bicyclic) bond motifs is 1. The number of pyridine rings is 2. The van der Waals surface area contributed by atoms with Gasteiger partial charge in [-0.1, -0.05) is 31.7 Å². The van der Waals surface area contributed by atoms with Crippen LogP contribution in [0.2, 0.25) is 0 Å². The molecule has 5 heteroatoms. The molecule has 0 amide bonds. The van der Waals surface area contributed by atoms with Crippen molar-refractivity contribution in [3.05, 3.63) is 83.2 Å². The number of hydrogen-bond donors (Lipinski definition) is 1. The first-order chi connectivity index (χ1) is 16.3. The number of anilines is 1. The Morgan fingerprint density at radius 3 is 2.59 bits per heavy atom. The summed E-state index contributed by atoms with van der Waals surface area (Å²) in [6.07, 6.45) is 8.61. The largest absolute Gasteiger partial charge is 0.498 e. The molecule has 180 valence electrons. The zero-order valence-electron chi connectivity index (χ0n) is 21.7. The summed E-state index contributed by atoms with van der Waals surface area (Å²) < 4.78 is 8.31. The molecule has 0 unspecified atom stereocenters. The van der Waals surface area contributed by atoms with Crippen LogP contribution in [0.1, 0.15) is 68.9 Å². The fourth-order valence-electron chi connectivity index (χ4n) is 4.42. The van der Waals surface area contributed by atoms with Crippen LogP contribution in [0.5, 0.6) is 0 Å². The molecule has 0 radical (unpaired) electrons. The van der Waals surface area contributed by atoms with Crippen LogP contribution in [0.25, 0.3) is 16.6 Å². The van der Waals surface area contributed by atoms with Crippen LogP contribution in [0, 0.1) is 13.8 Å². The van der Waals surface area contributed by atoms with Crippen molar-refractivity contribution < 1.29 is 4.74 Å². The molecule has 0 aromatic carbocycles. The van der Waals surface area contributed by atoms with Crippen molar-refractivity contribution >= 4 is 22.3 Å². The van der Waals surface area contributed by atoms with E-state index >= 15 is 0 Å². The van der Waals surface area contributed by atoms with Gasteiger partial charge in [0.05, 0.1) is 29.0 Å². The van der Waals surface area contributed by atoms with Crippen molar-refractivity contribution in [3.8, 4) is 0 Å². The second kappa shape index (κ2) is 11.2. The molecule has 0 fully saturated rings. The molecule has 3 rings (SSSR count). The first-order valence-corrected chi connectivity index (χ1v) is 12.1. The maximum atomic E-state index is 5.89. The van der Waals surface area contributed by atoms with E-state index < -0.39 is 0 Å². The van der Waals surface area contributed by atoms with Gasteiger partial charge in [0.1, 0.15) is 5.76 Å². The third kappa shape index (κ3) is 5.24. The Morgan fingerprint density at radius 2 is 2.00 bits per heavy atom. The Kier molecular flexibility index (Phi) is 8.32. The Labute approximate surface area is 204 Å². The van der Waals surface area contributed by atoms with E-state index in [1.54, 1.807) is 6.08 Å². The van der Waals surface area contributed by atoms with Gasteiger partial charge in [-0.2, -0.15) is 0 Å². The summed E-state index contributed by atoms with van der Waals surface area (Å²) in [6.45, 7) is 20.0. The fraction of sp³-hybridized carbons (Fsp3) is 0.379. The van der Waals surface area contributed by atoms with E-state index in [0.717, 1.165) is 51.4 Å². The summed E-state index contributed by atoms with van der Waals surface area (Å²) in [4.78, 5) is 9.63. The van der Waals surface area contributed by atoms with E-state index in [2.05, 4.69) is 61.3 Å². The van der Waals surface area contributed by atoms with Gasteiger partial charge in [0.25, 0.3) is 0 Å². The predicted octanol–water partition coefficient (Wildman–Crippen LogP) is 7.31. The van der Waals surface area contributed by atoms with Crippen LogP contribution in [-0.2, 0) is 17.7 Å². The Morgan fingerprint density at radius 1 is 1.24 bits per heavy atom. The van der Waals surface area contributed by atoms with E-state index in [-0.39, 0.29) is 0 Å². The Balaban J connectivity index is 2.26. The molecule has 0 aliphatic carbocycles. The highest BCUT2D eigenvalue weighted by Gasteiger charge is 2.21. The number of allylic oxidation sites excluding steroid dienone is 5. The maximum Gasteiger partial charge on any atom is 0.102 e. The molecular formula is C29H38N4O. The average Bonchev–Trinajstić information content (AvgIpc) is 3.11. The minimum Gasteiger partial charge on any atom is -0.498 e. The van der Waals surface area contributed by atoms with Gasteiger partial charge >= 0.3 is 0 Å². The Bertz CT molecular complexity index is 1210. The third-order valence-electron chi connectivity index (χ3n) is 6.03. The molecule has 0 spiro atoms. The maximum absolute atomic E-state index is 5.89. The number of nitrogens with zero attached hydrogens (tertiary/aromatic N) is 3. The van der Waals surface area contributed by atoms with E-state index in [4.69, 9.17) is 9.72 Å². The smallest absolute Gasteiger partial charge is 0.102 e. The molecular weight excluding hydrogens is 420 g/mol. The number of aromatic nitrogens is 3. The highest BCUT2D eigenvalue weighted by molar-refractivity contribution is 5.95. The van der Waals surface area contributed by atoms with Crippen molar-refractivity contribution in [2.75, 3.05) is 11.9 Å². The lowest BCUT2D eigenvalue weighted by molar-refractivity contribution is 0.233. The van der Waals surface area contributed by atoms with Crippen LogP contribution in [0.15, 0.2) is 55.0 Å². The molecule has 1 N–H and O–H groups in total. The Hall–Kier alpha value is -3.34. The molecule has 3 aromatic rings. The van der Waals surface area contributed by atoms with Gasteiger partial charge in [0.2, 0.25) is 0 Å². The zero-order valence-corrected chi connectivity index (χ0v) is 21.7. The van der Waals surface area contributed by atoms with E-state index in [1.165, 1.54) is 11.3 Å². The second-order valence-corrected chi connectivity index (χ2v) is 8.80. The SMILES string of the molecule is C=C/C=C\C(=C(/C)OCC)c1cc(NCc2ccc(C)nc2)c2c(n1)c(C)c(CC)n2C(C)C. The molecule has 0 aliphatic rings. The lowest BCUT2D eigenvalue weighted by Crippen LogP contribution is -2.09. The molecule has 5 nitrogen and oxygen atoms in total. The molecule has 0 bridgehead atoms. The van der Waals surface area contributed by atoms with Crippen molar-refractivity contribution in [3.63, 3.8) is 0 Å². The summed E-state index contributed by atoms with van der Waals surface area (Å²) in [5.41, 5.74) is 9.79. The van der Waals surface area contributed by atoms with Crippen LogP contribution >= 0.6 is 0 Å². The predicted molar refractivity (Wildman–Crippen MR) is 144 cm³/mol. The van der Waals surface area contributed by atoms with Crippen molar-refractivity contribution in [1.29, 1.82) is 0 Å². The monoisotopic (exact) mass is 458 g/mol. The minimum atomic E-state index is 0.321. The molecule has 0 atom stereocenters. The van der Waals surface area contributed by atoms with Gasteiger partial charge in [0.15, 0.2) is 0 Å². The summed E-state index contributed by atoms with van der Waals surface area (Å²) in [7, 11) is 0. The van der Waals surface area contributed by atoms with E-state index in [0.29, 0.717) is 19.2 Å². The summed E-state index contributed by atoms with van der Waals surface area (Å²) >= 11 is 0. The summed E-state index contributed by atoms with van der Waals surface area (Å²) in [5, 5.41) is 3.70. The van der Waals surface area contributed by atoms with Crippen LogP contribution < -0.4 is 5.32 Å². The highest BCUT2D eigenvalue weighted by Crippen LogP contribution is 2.36. The van der Waals surface area contributed by atoms with Crippen LogP contribution in [-0.4, -0.2) is 21.1 Å². The van der Waals surface area contributed by atoms with Gasteiger partial charge in [-0.25, -0.2) is 4.98 Å². The normalized spacial score (nSPS) is 12.5. The molecule has 0 saturated carbocycles. The van der Waals surface area contributed by atoms with E-state index in [9.17, 15) is 0 Å². The average molecular weight is 459 g/mol. The number of ether oxygens (including phenoxy) is 1. The van der Waals surface area contributed by atoms with Gasteiger partial charge in [-0.05, 0) is 77.3 Å². The van der Waals surface area contributed by atoms with Gasteiger partial charge in [-0.3, -0.25) is 4.98 Å². The van der Waals surface area contributed by atoms with Gasteiger partial charge < -0.3 is 14.6 Å². The summed E-state index contributed by atoms with van der Waals surface area (Å²) in [5.74, 6) is 0.845. The first-order valence-electron chi connectivity index (χ1n) is 12.1. The topological polar surface area (TPSA) is 52.0 Å². The van der Waals surface area contributed by atoms with Crippen molar-refractivity contribution in [2.45, 2.75) is 67.5 Å². The molecule has 3 aromatic heterocycles. The zero-order chi connectivity index (χ0) is 24.8. The van der Waals surface area contributed by atoms with Crippen LogP contribution in [0.3, 0.4) is 0 Å². The molecule has 0 saturated heterocycles. The molecule has 3 heterocycles. The van der Waals surface area contributed by atoms with Crippen molar-refractivity contribution in [1.82, 2.24) is 14.5 Å². The molecule has 34 heavy (non-hydrogen) atoms. The van der Waals surface area contributed by atoms with Crippen LogP contribution in [0.4, 0.5) is 5.69 Å². The standard InChI is InChI=1S/C29H38N4O/c1-9-12-13-24(22(8)34-11-3)25-16-26(31-18-23-15-14-20(6)30-17-23)29-28(32-25)21(7)27(10-2)33(29)19(4)5/h9,12-17,19H,1,10-11,18H2,2-8H3,(H,31,32)/b13-12-,24-22-. The van der Waals surface area contributed by atoms with E-state index in [1.807, 2.05) is 45.2 Å². The lowest BCUT2D eigenvalue weighted by Gasteiger charge is -2.18.